The molecule has 0 aliphatic rings. The maximum atomic E-state index is 14.7. The summed E-state index contributed by atoms with van der Waals surface area (Å²) in [6, 6.07) is 4.88. The number of esters is 2. The van der Waals surface area contributed by atoms with Crippen molar-refractivity contribution in [3.63, 3.8) is 0 Å². The van der Waals surface area contributed by atoms with Crippen LogP contribution >= 0.6 is 23.2 Å². The molecule has 0 aliphatic carbocycles. The summed E-state index contributed by atoms with van der Waals surface area (Å²) in [5.74, 6) is -15.8. The number of carbonyl (C=O) groups is 3. The van der Waals surface area contributed by atoms with Crippen molar-refractivity contribution in [1.29, 1.82) is 0 Å². The number of halogens is 11. The van der Waals surface area contributed by atoms with Gasteiger partial charge in [-0.25, -0.2) is 14.0 Å². The second kappa shape index (κ2) is 18.8. The number of aldehydes is 1. The number of ether oxygens (including phenoxy) is 9. The van der Waals surface area contributed by atoms with Crippen LogP contribution in [0.15, 0.2) is 42.5 Å². The van der Waals surface area contributed by atoms with E-state index in [2.05, 4.69) is 28.4 Å². The van der Waals surface area contributed by atoms with Gasteiger partial charge in [0.05, 0.1) is 54.2 Å². The standard InChI is InChI=1S/C18H13ClF4O7.C16H10ClF5O5/c1-26-15-8(7-24)9(19)6-12(13(15)17(25)28-3)29-11-5-4-10(30-18(21,22)23)14(20)16(11)27-2;1-24-14-10(4-3-9(13(14)19)27-16(20,21)22)26-11-6-7(17)5-8(18)12(11)15(23)25-2/h4-7H,1-3H3;3-6H,1-2H3/i2D3;1D3. The molecule has 0 saturated carbocycles. The Labute approximate surface area is 332 Å². The van der Waals surface area contributed by atoms with Crippen molar-refractivity contribution in [1.82, 2.24) is 0 Å². The zero-order valence-electron chi connectivity index (χ0n) is 34.2. The first kappa shape index (κ1) is 36.7. The predicted molar refractivity (Wildman–Crippen MR) is 177 cm³/mol. The van der Waals surface area contributed by atoms with Gasteiger partial charge in [-0.05, 0) is 30.3 Å². The fourth-order valence-electron chi connectivity index (χ4n) is 4.28. The molecule has 4 aromatic rings. The molecule has 0 spiro atoms. The molecule has 4 rings (SSSR count). The fraction of sp³-hybridized carbons (Fsp3) is 0.206. The third-order valence-corrected chi connectivity index (χ3v) is 7.03. The Morgan fingerprint density at radius 3 is 1.47 bits per heavy atom. The van der Waals surface area contributed by atoms with E-state index >= 15 is 0 Å². The van der Waals surface area contributed by atoms with Gasteiger partial charge in [-0.2, -0.15) is 8.78 Å². The first-order valence-corrected chi connectivity index (χ1v) is 15.1. The molecule has 57 heavy (non-hydrogen) atoms. The topological polar surface area (TPSA) is 134 Å². The van der Waals surface area contributed by atoms with Crippen molar-refractivity contribution in [2.24, 2.45) is 0 Å². The Bertz CT molecular complexity index is 2360. The molecule has 0 unspecified atom stereocenters. The summed E-state index contributed by atoms with van der Waals surface area (Å²) in [5.41, 5.74) is -1.58. The van der Waals surface area contributed by atoms with Crippen molar-refractivity contribution in [3.8, 4) is 51.7 Å². The molecule has 0 aliphatic heterocycles. The molecule has 0 bridgehead atoms. The van der Waals surface area contributed by atoms with Crippen LogP contribution in [0.25, 0.3) is 0 Å². The highest BCUT2D eigenvalue weighted by atomic mass is 35.5. The van der Waals surface area contributed by atoms with Crippen LogP contribution in [0.3, 0.4) is 0 Å². The van der Waals surface area contributed by atoms with Crippen molar-refractivity contribution >= 4 is 41.4 Å². The number of hydrogen-bond acceptors (Lipinski definition) is 12. The third kappa shape index (κ3) is 11.1. The molecule has 0 amide bonds. The quantitative estimate of drug-likeness (QED) is 0.0762. The van der Waals surface area contributed by atoms with Crippen molar-refractivity contribution in [2.45, 2.75) is 12.7 Å². The Balaban J connectivity index is 0.000000337. The lowest BCUT2D eigenvalue weighted by Crippen LogP contribution is -2.18. The number of rotatable bonds is 12. The van der Waals surface area contributed by atoms with E-state index in [1.54, 1.807) is 0 Å². The molecule has 23 heteroatoms. The van der Waals surface area contributed by atoms with Crippen LogP contribution in [-0.4, -0.2) is 66.4 Å². The van der Waals surface area contributed by atoms with Gasteiger partial charge >= 0.3 is 24.7 Å². The van der Waals surface area contributed by atoms with Crippen LogP contribution < -0.4 is 33.2 Å². The fourth-order valence-corrected chi connectivity index (χ4v) is 4.71. The average Bonchev–Trinajstić information content (AvgIpc) is 3.14. The summed E-state index contributed by atoms with van der Waals surface area (Å²) < 4.78 is 201. The highest BCUT2D eigenvalue weighted by molar-refractivity contribution is 6.34. The molecule has 12 nitrogen and oxygen atoms in total. The normalized spacial score (nSPS) is 13.0. The lowest BCUT2D eigenvalue weighted by atomic mass is 10.1. The second-order valence-corrected chi connectivity index (χ2v) is 10.8. The van der Waals surface area contributed by atoms with Crippen molar-refractivity contribution < 1.29 is 105 Å². The lowest BCUT2D eigenvalue weighted by Gasteiger charge is -2.18. The molecule has 0 radical (unpaired) electrons. The van der Waals surface area contributed by atoms with Crippen LogP contribution in [0.4, 0.5) is 39.5 Å². The predicted octanol–water partition coefficient (Wildman–Crippen LogP) is 9.89. The van der Waals surface area contributed by atoms with Gasteiger partial charge < -0.3 is 42.6 Å². The molecule has 4 aromatic carbocycles. The molecule has 0 atom stereocenters. The number of carbonyl (C=O) groups excluding carboxylic acids is 3. The van der Waals surface area contributed by atoms with E-state index in [1.807, 2.05) is 0 Å². The smallest absolute Gasteiger partial charge is 0.495 e. The number of alkyl halides is 6. The Kier molecular flexibility index (Phi) is 12.1. The average molecular weight is 871 g/mol. The van der Waals surface area contributed by atoms with E-state index in [9.17, 15) is 53.9 Å². The van der Waals surface area contributed by atoms with Gasteiger partial charge in [0.25, 0.3) is 0 Å². The molecule has 0 aromatic heterocycles. The zero-order chi connectivity index (χ0) is 48.0. The number of hydrogen-bond donors (Lipinski definition) is 0. The highest BCUT2D eigenvalue weighted by Crippen LogP contribution is 2.45. The highest BCUT2D eigenvalue weighted by Gasteiger charge is 2.35. The molecular weight excluding hydrogens is 842 g/mol. The maximum Gasteiger partial charge on any atom is 0.573 e. The molecular formula is C34H23Cl2F9O12. The van der Waals surface area contributed by atoms with E-state index in [0.29, 0.717) is 24.3 Å². The minimum Gasteiger partial charge on any atom is -0.495 e. The van der Waals surface area contributed by atoms with Gasteiger partial charge in [0.1, 0.15) is 34.2 Å². The summed E-state index contributed by atoms with van der Waals surface area (Å²) >= 11 is 11.7. The number of benzene rings is 4. The van der Waals surface area contributed by atoms with Gasteiger partial charge in [-0.1, -0.05) is 23.2 Å². The minimum absolute atomic E-state index is 0.267. The van der Waals surface area contributed by atoms with E-state index in [1.165, 1.54) is 0 Å². The van der Waals surface area contributed by atoms with Gasteiger partial charge in [0.2, 0.25) is 23.1 Å². The monoisotopic (exact) mass is 870 g/mol. The van der Waals surface area contributed by atoms with Gasteiger partial charge in [0.15, 0.2) is 29.3 Å². The van der Waals surface area contributed by atoms with E-state index in [4.69, 9.17) is 45.6 Å². The third-order valence-electron chi connectivity index (χ3n) is 6.50. The second-order valence-electron chi connectivity index (χ2n) is 9.95. The molecule has 0 N–H and O–H groups in total. The minimum atomic E-state index is -5.30. The van der Waals surface area contributed by atoms with Crippen LogP contribution in [0.1, 0.15) is 39.3 Å². The number of methoxy groups -OCH3 is 5. The summed E-state index contributed by atoms with van der Waals surface area (Å²) in [5, 5.41) is -0.564. The van der Waals surface area contributed by atoms with E-state index in [0.717, 1.165) is 39.5 Å². The first-order valence-electron chi connectivity index (χ1n) is 17.4. The van der Waals surface area contributed by atoms with E-state index in [-0.39, 0.29) is 21.9 Å². The van der Waals surface area contributed by atoms with Gasteiger partial charge in [0, 0.05) is 17.2 Å². The molecule has 308 valence electrons. The first-order chi connectivity index (χ1) is 28.9. The summed E-state index contributed by atoms with van der Waals surface area (Å²) in [6.45, 7) is 0. The summed E-state index contributed by atoms with van der Waals surface area (Å²) in [7, 11) is -3.65. The molecule has 0 heterocycles. The Morgan fingerprint density at radius 1 is 0.632 bits per heavy atom. The van der Waals surface area contributed by atoms with Gasteiger partial charge in [-0.15, -0.1) is 26.3 Å². The lowest BCUT2D eigenvalue weighted by molar-refractivity contribution is -0.276. The zero-order valence-corrected chi connectivity index (χ0v) is 29.7. The van der Waals surface area contributed by atoms with Crippen LogP contribution in [0, 0.1) is 17.5 Å². The van der Waals surface area contributed by atoms with Crippen LogP contribution in [0.2, 0.25) is 10.0 Å². The van der Waals surface area contributed by atoms with Crippen molar-refractivity contribution in [3.05, 3.63) is 86.7 Å². The summed E-state index contributed by atoms with van der Waals surface area (Å²) in [4.78, 5) is 35.5. The van der Waals surface area contributed by atoms with Crippen molar-refractivity contribution in [2.75, 3.05) is 35.4 Å². The van der Waals surface area contributed by atoms with Crippen LogP contribution in [-0.2, 0) is 9.47 Å². The molecule has 0 fully saturated rings. The Morgan fingerprint density at radius 2 is 1.07 bits per heavy atom. The SMILES string of the molecule is [2H]C([2H])([2H])Oc1c(Oc2cc(Cl)c(C=O)c(OC)c2C(=O)OC)ccc(OC(F)(F)F)c1F.[2H]C([2H])([2H])Oc1c(Oc2cc(Cl)cc(F)c2C(=O)OC)ccc(OC(F)(F)F)c1F. The summed E-state index contributed by atoms with van der Waals surface area (Å²) in [6.07, 6.45) is -10.3. The van der Waals surface area contributed by atoms with Crippen LogP contribution in [0.5, 0.6) is 51.7 Å². The van der Waals surface area contributed by atoms with Gasteiger partial charge in [-0.3, -0.25) is 4.79 Å². The largest absolute Gasteiger partial charge is 0.573 e. The van der Waals surface area contributed by atoms with E-state index < -0.39 is 119 Å². The molecule has 0 saturated heterocycles. The maximum absolute atomic E-state index is 14.7. The Hall–Kier alpha value is -5.96.